The molecule has 0 fully saturated rings. The summed E-state index contributed by atoms with van der Waals surface area (Å²) >= 11 is 1.86. The largest absolute Gasteiger partial charge is 0.462 e. The first-order chi connectivity index (χ1) is 7.57. The lowest BCUT2D eigenvalue weighted by atomic mass is 10.2. The summed E-state index contributed by atoms with van der Waals surface area (Å²) in [6, 6.07) is 3.95. The number of nitrogens with one attached hydrogen (secondary N) is 1. The van der Waals surface area contributed by atoms with Crippen LogP contribution in [0.3, 0.4) is 0 Å². The fourth-order valence-electron chi connectivity index (χ4n) is 1.30. The van der Waals surface area contributed by atoms with Gasteiger partial charge in [-0.3, -0.25) is 0 Å². The second kappa shape index (κ2) is 6.33. The van der Waals surface area contributed by atoms with Crippen molar-refractivity contribution in [3.8, 4) is 0 Å². The van der Waals surface area contributed by atoms with Crippen molar-refractivity contribution in [2.24, 2.45) is 0 Å². The Kier molecular flexibility index (Phi) is 5.38. The van der Waals surface area contributed by atoms with Gasteiger partial charge in [0.25, 0.3) is 0 Å². The molecule has 0 atom stereocenters. The zero-order valence-electron chi connectivity index (χ0n) is 10.5. The van der Waals surface area contributed by atoms with Crippen LogP contribution >= 0.6 is 11.8 Å². The molecule has 1 N–H and O–H groups in total. The van der Waals surface area contributed by atoms with Gasteiger partial charge in [-0.25, -0.2) is 0 Å². The van der Waals surface area contributed by atoms with E-state index in [4.69, 9.17) is 9.15 Å². The molecule has 0 aliphatic rings. The van der Waals surface area contributed by atoms with Gasteiger partial charge in [-0.1, -0.05) is 0 Å². The van der Waals surface area contributed by atoms with Gasteiger partial charge in [0, 0.05) is 18.4 Å². The van der Waals surface area contributed by atoms with Gasteiger partial charge >= 0.3 is 0 Å². The fraction of sp³-hybridized carbons (Fsp3) is 0.667. The first kappa shape index (κ1) is 13.6. The molecule has 1 heterocycles. The Morgan fingerprint density at radius 2 is 2.06 bits per heavy atom. The lowest BCUT2D eigenvalue weighted by Crippen LogP contribution is -2.31. The molecule has 0 radical (unpaired) electrons. The zero-order chi connectivity index (χ0) is 12.0. The zero-order valence-corrected chi connectivity index (χ0v) is 11.3. The minimum absolute atomic E-state index is 0.266. The molecular formula is C12H21NO2S. The van der Waals surface area contributed by atoms with Gasteiger partial charge in [-0.2, -0.15) is 11.8 Å². The summed E-state index contributed by atoms with van der Waals surface area (Å²) in [7, 11) is 1.67. The van der Waals surface area contributed by atoms with Crippen LogP contribution in [0.2, 0.25) is 0 Å². The number of thioether (sulfide) groups is 1. The molecule has 16 heavy (non-hydrogen) atoms. The number of hydrogen-bond acceptors (Lipinski definition) is 4. The number of rotatable bonds is 7. The highest BCUT2D eigenvalue weighted by atomic mass is 32.2. The summed E-state index contributed by atoms with van der Waals surface area (Å²) in [6.07, 6.45) is 2.13. The Hall–Kier alpha value is -0.450. The summed E-state index contributed by atoms with van der Waals surface area (Å²) in [6.45, 7) is 6.73. The molecule has 1 aromatic rings. The highest BCUT2D eigenvalue weighted by molar-refractivity contribution is 7.99. The van der Waals surface area contributed by atoms with Crippen molar-refractivity contribution in [3.63, 3.8) is 0 Å². The van der Waals surface area contributed by atoms with Crippen molar-refractivity contribution in [2.75, 3.05) is 19.9 Å². The molecule has 1 aromatic heterocycles. The maximum Gasteiger partial charge on any atom is 0.129 e. The third kappa shape index (κ3) is 4.60. The average molecular weight is 243 g/mol. The second-order valence-electron chi connectivity index (χ2n) is 4.37. The van der Waals surface area contributed by atoms with Crippen LogP contribution in [0.4, 0.5) is 0 Å². The number of furan rings is 1. The smallest absolute Gasteiger partial charge is 0.129 e. The summed E-state index contributed by atoms with van der Waals surface area (Å²) in [5.74, 6) is 1.84. The predicted octanol–water partition coefficient (Wildman–Crippen LogP) is 2.66. The summed E-state index contributed by atoms with van der Waals surface area (Å²) in [4.78, 5) is 0. The number of ether oxygens (including phenoxy) is 1. The molecule has 0 aliphatic heterocycles. The van der Waals surface area contributed by atoms with Crippen LogP contribution in [0.15, 0.2) is 16.5 Å². The lowest BCUT2D eigenvalue weighted by molar-refractivity contribution is 0.162. The second-order valence-corrected chi connectivity index (χ2v) is 5.88. The van der Waals surface area contributed by atoms with Crippen molar-refractivity contribution in [1.29, 1.82) is 0 Å². The van der Waals surface area contributed by atoms with Gasteiger partial charge in [0.1, 0.15) is 18.1 Å². The summed E-state index contributed by atoms with van der Waals surface area (Å²) in [5.41, 5.74) is 0. The average Bonchev–Trinajstić information content (AvgIpc) is 2.66. The molecule has 0 saturated carbocycles. The molecule has 0 aromatic carbocycles. The molecule has 0 saturated heterocycles. The van der Waals surface area contributed by atoms with Crippen molar-refractivity contribution in [3.05, 3.63) is 23.7 Å². The van der Waals surface area contributed by atoms with E-state index in [2.05, 4.69) is 25.4 Å². The molecule has 1 rings (SSSR count). The number of methoxy groups -OCH3 is 1. The normalized spacial score (nSPS) is 12.0. The van der Waals surface area contributed by atoms with E-state index >= 15 is 0 Å². The molecular weight excluding hydrogens is 222 g/mol. The SMILES string of the molecule is COCc1ccc(CNCC(C)(C)SC)o1. The van der Waals surface area contributed by atoms with E-state index in [0.29, 0.717) is 6.61 Å². The Morgan fingerprint density at radius 1 is 1.38 bits per heavy atom. The monoisotopic (exact) mass is 243 g/mol. The minimum Gasteiger partial charge on any atom is -0.462 e. The maximum absolute atomic E-state index is 5.58. The van der Waals surface area contributed by atoms with Crippen LogP contribution in [0.1, 0.15) is 25.4 Å². The fourth-order valence-corrected chi connectivity index (χ4v) is 1.54. The molecule has 3 nitrogen and oxygen atoms in total. The van der Waals surface area contributed by atoms with E-state index in [0.717, 1.165) is 24.6 Å². The molecule has 0 spiro atoms. The highest BCUT2D eigenvalue weighted by Crippen LogP contribution is 2.19. The van der Waals surface area contributed by atoms with Crippen LogP contribution in [0, 0.1) is 0 Å². The van der Waals surface area contributed by atoms with Crippen molar-refractivity contribution >= 4 is 11.8 Å². The molecule has 92 valence electrons. The summed E-state index contributed by atoms with van der Waals surface area (Å²) in [5, 5.41) is 3.39. The van der Waals surface area contributed by atoms with Crippen molar-refractivity contribution < 1.29 is 9.15 Å². The third-order valence-electron chi connectivity index (χ3n) is 2.41. The minimum atomic E-state index is 0.266. The molecule has 0 aliphatic carbocycles. The standard InChI is InChI=1S/C12H21NO2S/c1-12(2,16-4)9-13-7-10-5-6-11(15-10)8-14-3/h5-6,13H,7-9H2,1-4H3. The van der Waals surface area contributed by atoms with Crippen LogP contribution in [0.25, 0.3) is 0 Å². The Balaban J connectivity index is 2.31. The Morgan fingerprint density at radius 3 is 2.69 bits per heavy atom. The molecule has 0 unspecified atom stereocenters. The van der Waals surface area contributed by atoms with Gasteiger partial charge in [0.2, 0.25) is 0 Å². The molecule has 0 amide bonds. The predicted molar refractivity (Wildman–Crippen MR) is 68.7 cm³/mol. The third-order valence-corrected chi connectivity index (χ3v) is 3.66. The van der Waals surface area contributed by atoms with Crippen LogP contribution in [-0.2, 0) is 17.9 Å². The van der Waals surface area contributed by atoms with E-state index in [-0.39, 0.29) is 4.75 Å². The first-order valence-corrected chi connectivity index (χ1v) is 6.62. The Labute approximate surface area is 102 Å². The van der Waals surface area contributed by atoms with Gasteiger partial charge in [-0.05, 0) is 32.2 Å². The quantitative estimate of drug-likeness (QED) is 0.798. The lowest BCUT2D eigenvalue weighted by Gasteiger charge is -2.21. The highest BCUT2D eigenvalue weighted by Gasteiger charge is 2.15. The van der Waals surface area contributed by atoms with Crippen LogP contribution < -0.4 is 5.32 Å². The Bertz CT molecular complexity index is 310. The van der Waals surface area contributed by atoms with E-state index < -0.39 is 0 Å². The van der Waals surface area contributed by atoms with Gasteiger partial charge < -0.3 is 14.5 Å². The maximum atomic E-state index is 5.58. The van der Waals surface area contributed by atoms with Gasteiger partial charge in [0.15, 0.2) is 0 Å². The molecule has 0 bridgehead atoms. The van der Waals surface area contributed by atoms with Crippen molar-refractivity contribution in [2.45, 2.75) is 31.7 Å². The number of hydrogen-bond donors (Lipinski definition) is 1. The molecule has 4 heteroatoms. The summed E-state index contributed by atoms with van der Waals surface area (Å²) < 4.78 is 10.8. The van der Waals surface area contributed by atoms with E-state index in [1.165, 1.54) is 0 Å². The van der Waals surface area contributed by atoms with Gasteiger partial charge in [0.05, 0.1) is 6.54 Å². The van der Waals surface area contributed by atoms with E-state index in [1.54, 1.807) is 7.11 Å². The van der Waals surface area contributed by atoms with Crippen LogP contribution in [0.5, 0.6) is 0 Å². The van der Waals surface area contributed by atoms with Crippen molar-refractivity contribution in [1.82, 2.24) is 5.32 Å². The van der Waals surface area contributed by atoms with E-state index in [1.807, 2.05) is 23.9 Å². The first-order valence-electron chi connectivity index (χ1n) is 5.40. The van der Waals surface area contributed by atoms with Crippen LogP contribution in [-0.4, -0.2) is 24.7 Å². The van der Waals surface area contributed by atoms with E-state index in [9.17, 15) is 0 Å². The topological polar surface area (TPSA) is 34.4 Å². The van der Waals surface area contributed by atoms with Gasteiger partial charge in [-0.15, -0.1) is 0 Å².